The molecule has 3 aliphatic rings. The first-order valence-electron chi connectivity index (χ1n) is 14.2. The Hall–Kier alpha value is -2.66. The molecule has 2 aliphatic carbocycles. The first-order valence-corrected chi connectivity index (χ1v) is 14.2. The molecule has 5 rings (SSSR count). The van der Waals surface area contributed by atoms with Gasteiger partial charge in [-0.25, -0.2) is 9.78 Å². The second-order valence-corrected chi connectivity index (χ2v) is 10.8. The Bertz CT molecular complexity index is 1020. The van der Waals surface area contributed by atoms with Crippen LogP contribution in [-0.4, -0.2) is 68.6 Å². The minimum Gasteiger partial charge on any atom is -0.433 e. The number of nitrogens with zero attached hydrogens (tertiary/aromatic N) is 5. The molecule has 0 aromatic carbocycles. The number of nitrogens with one attached hydrogen (secondary N) is 2. The molecule has 3 fully saturated rings. The van der Waals surface area contributed by atoms with Gasteiger partial charge in [0.05, 0.1) is 12.9 Å². The lowest BCUT2D eigenvalue weighted by Gasteiger charge is -2.31. The van der Waals surface area contributed by atoms with Crippen LogP contribution in [0.15, 0.2) is 6.33 Å². The molecule has 11 heteroatoms. The van der Waals surface area contributed by atoms with Crippen molar-refractivity contribution in [1.29, 1.82) is 0 Å². The Labute approximate surface area is 218 Å². The van der Waals surface area contributed by atoms with E-state index >= 15 is 0 Å². The second kappa shape index (κ2) is 12.3. The fraction of sp³-hybridized carbons (Fsp3) is 0.769. The summed E-state index contributed by atoms with van der Waals surface area (Å²) in [6.07, 6.45) is 13.7. The number of piperidine rings is 1. The maximum absolute atomic E-state index is 11.9. The summed E-state index contributed by atoms with van der Waals surface area (Å²) in [5, 5.41) is 8.92. The van der Waals surface area contributed by atoms with Gasteiger partial charge in [0, 0.05) is 37.3 Å². The minimum atomic E-state index is -0.616. The maximum atomic E-state index is 11.9. The number of nitrogens with two attached hydrogens (primary N) is 1. The average Bonchev–Trinajstić information content (AvgIpc) is 3.57. The molecule has 4 N–H and O–H groups in total. The number of hydroxylamine groups is 2. The van der Waals surface area contributed by atoms with Crippen LogP contribution in [0.1, 0.15) is 90.0 Å². The number of carbonyl (C=O) groups excluding carboxylic acids is 1. The normalized spacial score (nSPS) is 23.8. The molecule has 0 bridgehead atoms. The van der Waals surface area contributed by atoms with Gasteiger partial charge in [0.2, 0.25) is 5.95 Å². The molecule has 11 nitrogen and oxygen atoms in total. The van der Waals surface area contributed by atoms with Gasteiger partial charge in [0.25, 0.3) is 0 Å². The fourth-order valence-corrected chi connectivity index (χ4v) is 5.69. The number of aromatic nitrogens is 4. The van der Waals surface area contributed by atoms with E-state index in [2.05, 4.69) is 22.1 Å². The summed E-state index contributed by atoms with van der Waals surface area (Å²) in [5.74, 6) is 1.43. The third kappa shape index (κ3) is 6.62. The van der Waals surface area contributed by atoms with E-state index in [0.717, 1.165) is 68.3 Å². The average molecular weight is 515 g/mol. The lowest BCUT2D eigenvalue weighted by Crippen LogP contribution is -2.40. The van der Waals surface area contributed by atoms with Crippen LogP contribution in [0.25, 0.3) is 11.2 Å². The Morgan fingerprint density at radius 2 is 1.76 bits per heavy atom. The number of rotatable bonds is 9. The molecule has 204 valence electrons. The molecule has 0 amide bonds. The first-order chi connectivity index (χ1) is 18.1. The van der Waals surface area contributed by atoms with Crippen molar-refractivity contribution >= 4 is 29.1 Å². The third-order valence-corrected chi connectivity index (χ3v) is 7.96. The van der Waals surface area contributed by atoms with E-state index in [9.17, 15) is 4.79 Å². The van der Waals surface area contributed by atoms with Crippen molar-refractivity contribution in [2.75, 3.05) is 30.3 Å². The lowest BCUT2D eigenvalue weighted by molar-refractivity contribution is -0.138. The summed E-state index contributed by atoms with van der Waals surface area (Å²) in [6, 6.07) is 1.29. The van der Waals surface area contributed by atoms with E-state index in [1.54, 1.807) is 5.06 Å². The molecule has 0 atom stereocenters. The fourth-order valence-electron chi connectivity index (χ4n) is 5.69. The van der Waals surface area contributed by atoms with Crippen molar-refractivity contribution in [3.05, 3.63) is 6.33 Å². The Balaban J connectivity index is 1.26. The Morgan fingerprint density at radius 1 is 1.03 bits per heavy atom. The maximum Gasteiger partial charge on any atom is 0.527 e. The van der Waals surface area contributed by atoms with E-state index in [1.807, 2.05) is 6.33 Å². The molecule has 2 saturated carbocycles. The van der Waals surface area contributed by atoms with Gasteiger partial charge in [-0.05, 0) is 57.8 Å². The second-order valence-electron chi connectivity index (χ2n) is 10.8. The quantitative estimate of drug-likeness (QED) is 0.327. The van der Waals surface area contributed by atoms with Crippen LogP contribution >= 0.6 is 0 Å². The van der Waals surface area contributed by atoms with Crippen LogP contribution in [0.4, 0.5) is 16.6 Å². The highest BCUT2D eigenvalue weighted by molar-refractivity contribution is 5.84. The summed E-state index contributed by atoms with van der Waals surface area (Å²) < 4.78 is 7.37. The number of hydrogen-bond donors (Lipinski definition) is 3. The van der Waals surface area contributed by atoms with Crippen molar-refractivity contribution in [3.63, 3.8) is 0 Å². The molecule has 37 heavy (non-hydrogen) atoms. The van der Waals surface area contributed by atoms with E-state index in [0.29, 0.717) is 43.8 Å². The zero-order valence-electron chi connectivity index (χ0n) is 22.0. The van der Waals surface area contributed by atoms with Gasteiger partial charge in [-0.2, -0.15) is 9.97 Å². The summed E-state index contributed by atoms with van der Waals surface area (Å²) >= 11 is 0. The lowest BCUT2D eigenvalue weighted by atomic mass is 9.92. The van der Waals surface area contributed by atoms with Crippen LogP contribution in [0.3, 0.4) is 0 Å². The Morgan fingerprint density at radius 3 is 2.49 bits per heavy atom. The van der Waals surface area contributed by atoms with Gasteiger partial charge in [0.15, 0.2) is 17.0 Å². The highest BCUT2D eigenvalue weighted by atomic mass is 16.8. The van der Waals surface area contributed by atoms with E-state index < -0.39 is 6.16 Å². The van der Waals surface area contributed by atoms with Crippen LogP contribution in [0.2, 0.25) is 0 Å². The third-order valence-electron chi connectivity index (χ3n) is 7.96. The van der Waals surface area contributed by atoms with Crippen LogP contribution < -0.4 is 16.4 Å². The van der Waals surface area contributed by atoms with Crippen molar-refractivity contribution in [2.45, 2.75) is 108 Å². The van der Waals surface area contributed by atoms with Crippen molar-refractivity contribution in [2.24, 2.45) is 5.73 Å². The van der Waals surface area contributed by atoms with Crippen molar-refractivity contribution in [3.8, 4) is 0 Å². The number of anilines is 2. The molecule has 0 spiro atoms. The number of hydrogen-bond acceptors (Lipinski definition) is 10. The van der Waals surface area contributed by atoms with Gasteiger partial charge in [0.1, 0.15) is 0 Å². The smallest absolute Gasteiger partial charge is 0.433 e. The predicted octanol–water partition coefficient (Wildman–Crippen LogP) is 4.37. The van der Waals surface area contributed by atoms with Gasteiger partial charge in [-0.1, -0.05) is 26.2 Å². The molecular formula is C26H42N8O3. The zero-order chi connectivity index (χ0) is 25.6. The molecule has 0 unspecified atom stereocenters. The van der Waals surface area contributed by atoms with Gasteiger partial charge >= 0.3 is 6.16 Å². The van der Waals surface area contributed by atoms with Crippen LogP contribution in [0, 0.1) is 0 Å². The standard InChI is InChI=1S/C26H42N8O3/c1-2-3-16-36-26(35)37-33-14-12-20(13-15-33)29-23-22-24(34(17-28-22)21-6-4-5-7-21)32-25(31-23)30-19-10-8-18(27)9-11-19/h17-21H,2-16,27H2,1H3,(H2,29,30,31,32). The summed E-state index contributed by atoms with van der Waals surface area (Å²) in [4.78, 5) is 31.9. The molecular weight excluding hydrogens is 472 g/mol. The van der Waals surface area contributed by atoms with E-state index in [1.165, 1.54) is 25.7 Å². The van der Waals surface area contributed by atoms with Gasteiger partial charge in [-0.3, -0.25) is 0 Å². The monoisotopic (exact) mass is 514 g/mol. The van der Waals surface area contributed by atoms with Crippen molar-refractivity contribution in [1.82, 2.24) is 24.6 Å². The largest absolute Gasteiger partial charge is 0.527 e. The summed E-state index contributed by atoms with van der Waals surface area (Å²) in [7, 11) is 0. The minimum absolute atomic E-state index is 0.200. The topological polar surface area (TPSA) is 132 Å². The summed E-state index contributed by atoms with van der Waals surface area (Å²) in [6.45, 7) is 3.73. The highest BCUT2D eigenvalue weighted by Crippen LogP contribution is 2.34. The molecule has 1 aliphatic heterocycles. The number of carbonyl (C=O) groups is 1. The molecule has 0 radical (unpaired) electrons. The molecule has 2 aromatic heterocycles. The number of ether oxygens (including phenoxy) is 1. The molecule has 2 aromatic rings. The first kappa shape index (κ1) is 26.0. The Kier molecular flexibility index (Phi) is 8.60. The van der Waals surface area contributed by atoms with Crippen LogP contribution in [-0.2, 0) is 9.57 Å². The van der Waals surface area contributed by atoms with Crippen LogP contribution in [0.5, 0.6) is 0 Å². The van der Waals surface area contributed by atoms with E-state index in [-0.39, 0.29) is 6.04 Å². The predicted molar refractivity (Wildman–Crippen MR) is 142 cm³/mol. The molecule has 3 heterocycles. The summed E-state index contributed by atoms with van der Waals surface area (Å²) in [5.41, 5.74) is 7.83. The van der Waals surface area contributed by atoms with Crippen molar-refractivity contribution < 1.29 is 14.4 Å². The SMILES string of the molecule is CCCCOC(=O)ON1CCC(Nc2nc(NC3CCC(N)CC3)nc3c2ncn3C2CCCC2)CC1. The number of unbranched alkanes of at least 4 members (excludes halogenated alkanes) is 1. The van der Waals surface area contributed by atoms with E-state index in [4.69, 9.17) is 30.3 Å². The highest BCUT2D eigenvalue weighted by Gasteiger charge is 2.27. The van der Waals surface area contributed by atoms with Gasteiger partial charge < -0.3 is 30.5 Å². The number of fused-ring (bicyclic) bond motifs is 1. The zero-order valence-corrected chi connectivity index (χ0v) is 22.0. The number of imidazole rings is 1. The molecule has 1 saturated heterocycles. The van der Waals surface area contributed by atoms with Gasteiger partial charge in [-0.15, -0.1) is 5.06 Å².